The van der Waals surface area contributed by atoms with Gasteiger partial charge in [0.25, 0.3) is 0 Å². The van der Waals surface area contributed by atoms with Crippen LogP contribution in [0.3, 0.4) is 0 Å². The molecule has 18 heteroatoms. The van der Waals surface area contributed by atoms with Gasteiger partial charge in [0, 0.05) is 26.4 Å². The lowest BCUT2D eigenvalue weighted by molar-refractivity contribution is -0.138. The van der Waals surface area contributed by atoms with Gasteiger partial charge >= 0.3 is 12.1 Å². The third-order valence-corrected chi connectivity index (χ3v) is 14.3. The number of aliphatic imine (C=N–C) groups is 1. The van der Waals surface area contributed by atoms with Crippen LogP contribution in [-0.4, -0.2) is 127 Å². The number of aliphatic hydroxyl groups excluding tert-OH is 2. The maximum Gasteiger partial charge on any atom is 0.407 e. The van der Waals surface area contributed by atoms with Gasteiger partial charge in [-0.15, -0.1) is 0 Å². The van der Waals surface area contributed by atoms with Gasteiger partial charge in [-0.2, -0.15) is 4.72 Å². The topological polar surface area (TPSA) is 254 Å². The van der Waals surface area contributed by atoms with Crippen LogP contribution in [-0.2, 0) is 33.8 Å². The molecule has 1 atom stereocenters. The number of nitrogens with two attached hydrogens (primary N) is 2. The number of unbranched alkanes of at least 4 members (excludes halogenated alkanes) is 1. The van der Waals surface area contributed by atoms with Crippen molar-refractivity contribution >= 4 is 51.2 Å². The molecule has 0 fully saturated rings. The molecule has 16 nitrogen and oxygen atoms in total. The van der Waals surface area contributed by atoms with Crippen LogP contribution in [0.15, 0.2) is 143 Å². The molecular formula is C48H71N5O11PS+. The molecule has 0 saturated heterocycles. The first-order valence-electron chi connectivity index (χ1n) is 21.8. The summed E-state index contributed by atoms with van der Waals surface area (Å²) in [6.45, 7) is 10.2. The zero-order valence-electron chi connectivity index (χ0n) is 38.5. The van der Waals surface area contributed by atoms with Crippen molar-refractivity contribution in [1.82, 2.24) is 10.0 Å². The quantitative estimate of drug-likeness (QED) is 0.0154. The predicted octanol–water partition coefficient (Wildman–Crippen LogP) is 4.19. The number of benzene rings is 4. The molecule has 4 aromatic carbocycles. The molecule has 0 aromatic heterocycles. The van der Waals surface area contributed by atoms with Gasteiger partial charge in [-0.25, -0.2) is 13.2 Å². The van der Waals surface area contributed by atoms with Crippen molar-refractivity contribution in [3.05, 3.63) is 133 Å². The highest BCUT2D eigenvalue weighted by Gasteiger charge is 2.39. The van der Waals surface area contributed by atoms with Crippen LogP contribution >= 0.6 is 7.26 Å². The van der Waals surface area contributed by atoms with Gasteiger partial charge in [-0.1, -0.05) is 98.8 Å². The van der Waals surface area contributed by atoms with E-state index >= 15 is 0 Å². The molecule has 4 rings (SSSR count). The lowest BCUT2D eigenvalue weighted by Gasteiger charge is -2.22. The highest BCUT2D eigenvalue weighted by molar-refractivity contribution is 7.95. The van der Waals surface area contributed by atoms with Crippen molar-refractivity contribution in [3.8, 4) is 0 Å². The Balaban J connectivity index is 0.000000513. The lowest BCUT2D eigenvalue weighted by atomic mass is 10.3. The number of hydrogen-bond acceptors (Lipinski definition) is 11. The molecule has 0 radical (unpaired) electrons. The largest absolute Gasteiger partial charge is 0.480 e. The van der Waals surface area contributed by atoms with Crippen molar-refractivity contribution in [2.24, 2.45) is 16.5 Å². The fourth-order valence-corrected chi connectivity index (χ4v) is 9.87. The van der Waals surface area contributed by atoms with Crippen LogP contribution < -0.4 is 37.4 Å². The number of guanidine groups is 1. The van der Waals surface area contributed by atoms with Crippen molar-refractivity contribution < 1.29 is 52.3 Å². The predicted molar refractivity (Wildman–Crippen MR) is 265 cm³/mol. The Morgan fingerprint density at radius 1 is 0.697 bits per heavy atom. The molecule has 66 heavy (non-hydrogen) atoms. The Hall–Kier alpha value is -5.23. The molecule has 364 valence electrons. The third kappa shape index (κ3) is 26.1. The SMILES string of the molecule is CCCOC/C=C/CO.CCCOCCO.C[P+](c1ccccc1)(c1ccccc1)c1ccccc1.NC(N)=NCCOCCCCOC(=O)NCC(NS(=O)(=O)c1ccccc1)C(=O)O. The van der Waals surface area contributed by atoms with Gasteiger partial charge in [0.15, 0.2) is 5.96 Å². The summed E-state index contributed by atoms with van der Waals surface area (Å²) in [4.78, 5) is 26.7. The van der Waals surface area contributed by atoms with E-state index in [1.807, 2.05) is 17.7 Å². The van der Waals surface area contributed by atoms with Crippen LogP contribution in [0.2, 0.25) is 0 Å². The van der Waals surface area contributed by atoms with E-state index in [2.05, 4.69) is 115 Å². The molecular weight excluding hydrogens is 886 g/mol. The molecule has 0 saturated carbocycles. The Labute approximate surface area is 391 Å². The maximum absolute atomic E-state index is 12.2. The smallest absolute Gasteiger partial charge is 0.407 e. The number of hydrogen-bond donors (Lipinski definition) is 7. The number of amides is 1. The van der Waals surface area contributed by atoms with E-state index in [9.17, 15) is 23.1 Å². The summed E-state index contributed by atoms with van der Waals surface area (Å²) in [7, 11) is -5.58. The number of nitrogens with one attached hydrogen (secondary N) is 2. The van der Waals surface area contributed by atoms with Crippen LogP contribution in [0, 0.1) is 0 Å². The molecule has 0 bridgehead atoms. The molecule has 0 spiro atoms. The second-order valence-electron chi connectivity index (χ2n) is 14.0. The number of carboxylic acid groups (broad SMARTS) is 1. The molecule has 4 aromatic rings. The summed E-state index contributed by atoms with van der Waals surface area (Å²) in [5.74, 6) is -1.44. The van der Waals surface area contributed by atoms with E-state index in [4.69, 9.17) is 40.6 Å². The number of nitrogens with zero attached hydrogens (tertiary/aromatic N) is 1. The van der Waals surface area contributed by atoms with Crippen LogP contribution in [0.25, 0.3) is 0 Å². The lowest BCUT2D eigenvalue weighted by Crippen LogP contribution is -2.48. The number of sulfonamides is 1. The first kappa shape index (κ1) is 58.8. The monoisotopic (exact) mass is 956 g/mol. The van der Waals surface area contributed by atoms with Gasteiger partial charge in [-0.05, 0) is 74.2 Å². The normalized spacial score (nSPS) is 11.3. The van der Waals surface area contributed by atoms with E-state index in [-0.39, 0.29) is 30.7 Å². The summed E-state index contributed by atoms with van der Waals surface area (Å²) in [5.41, 5.74) is 10.3. The van der Waals surface area contributed by atoms with E-state index in [1.54, 1.807) is 12.1 Å². The average molecular weight is 957 g/mol. The number of alkyl carbamates (subject to hydrolysis) is 1. The minimum Gasteiger partial charge on any atom is -0.480 e. The Morgan fingerprint density at radius 3 is 1.65 bits per heavy atom. The highest BCUT2D eigenvalue weighted by atomic mass is 32.2. The van der Waals surface area contributed by atoms with E-state index < -0.39 is 41.9 Å². The summed E-state index contributed by atoms with van der Waals surface area (Å²) in [6.07, 6.45) is 5.87. The first-order valence-corrected chi connectivity index (χ1v) is 25.5. The van der Waals surface area contributed by atoms with Crippen LogP contribution in [0.4, 0.5) is 4.79 Å². The zero-order chi connectivity index (χ0) is 48.7. The van der Waals surface area contributed by atoms with Crippen molar-refractivity contribution in [2.45, 2.75) is 50.5 Å². The fourth-order valence-electron chi connectivity index (χ4n) is 5.46. The number of ether oxygens (including phenoxy) is 4. The Bertz CT molecular complexity index is 1900. The van der Waals surface area contributed by atoms with Crippen LogP contribution in [0.1, 0.15) is 39.5 Å². The van der Waals surface area contributed by atoms with Gasteiger partial charge in [0.05, 0.1) is 57.7 Å². The molecule has 0 heterocycles. The Morgan fingerprint density at radius 2 is 1.18 bits per heavy atom. The summed E-state index contributed by atoms with van der Waals surface area (Å²) in [6, 6.07) is 38.4. The molecule has 0 aliphatic rings. The van der Waals surface area contributed by atoms with Crippen LogP contribution in [0.5, 0.6) is 0 Å². The molecule has 0 aliphatic heterocycles. The van der Waals surface area contributed by atoms with Crippen molar-refractivity contribution in [2.75, 3.05) is 79.2 Å². The van der Waals surface area contributed by atoms with E-state index in [0.29, 0.717) is 45.8 Å². The summed E-state index contributed by atoms with van der Waals surface area (Å²) in [5, 5.41) is 32.2. The summed E-state index contributed by atoms with van der Waals surface area (Å²) < 4.78 is 46.6. The number of carbonyl (C=O) groups is 2. The van der Waals surface area contributed by atoms with Crippen molar-refractivity contribution in [1.29, 1.82) is 0 Å². The number of aliphatic hydroxyl groups is 2. The highest BCUT2D eigenvalue weighted by Crippen LogP contribution is 2.51. The minimum absolute atomic E-state index is 0.00369. The standard InChI is InChI=1S/C19H18P.C17H27N5O7S.C7H14O2.C5H12O2/c1-20(17-11-5-2-6-12-17,18-13-7-3-8-14-18)19-15-9-4-10-16-19;18-16(19)20-8-11-28-9-4-5-10-29-17(25)21-12-14(15(23)24)22-30(26,27)13-6-2-1-3-7-13;1-2-6-9-7-4-3-5-8;1-2-4-7-5-3-6/h2-16H,1H3;1-3,6-7,14,22H,4-5,8-12H2,(H,21,25)(H,23,24)(H4,18,19,20);3-4,8H,2,5-7H2,1H3;6H,2-5H2,1H3/q+1;;;/b;;4-3+;. The fraction of sp³-hybridized carbons (Fsp3) is 0.396. The van der Waals surface area contributed by atoms with E-state index in [0.717, 1.165) is 26.1 Å². The van der Waals surface area contributed by atoms with Gasteiger partial charge in [0.2, 0.25) is 10.0 Å². The Kier molecular flexibility index (Phi) is 32.9. The number of carbonyl (C=O) groups excluding carboxylic acids is 1. The van der Waals surface area contributed by atoms with E-state index in [1.165, 1.54) is 40.2 Å². The second kappa shape index (κ2) is 36.9. The minimum atomic E-state index is -4.05. The van der Waals surface area contributed by atoms with Gasteiger partial charge < -0.3 is 51.1 Å². The molecule has 9 N–H and O–H groups in total. The number of aliphatic carboxylic acids is 1. The molecule has 1 unspecified atom stereocenters. The van der Waals surface area contributed by atoms with Gasteiger partial charge in [-0.3, -0.25) is 9.79 Å². The third-order valence-electron chi connectivity index (χ3n) is 8.78. The number of carboxylic acids is 1. The molecule has 0 aliphatic carbocycles. The van der Waals surface area contributed by atoms with Crippen molar-refractivity contribution in [3.63, 3.8) is 0 Å². The summed E-state index contributed by atoms with van der Waals surface area (Å²) >= 11 is 0. The first-order chi connectivity index (χ1) is 31.9. The zero-order valence-corrected chi connectivity index (χ0v) is 40.2. The maximum atomic E-state index is 12.2. The average Bonchev–Trinajstić information content (AvgIpc) is 3.33. The number of rotatable bonds is 26. The second-order valence-corrected chi connectivity index (χ2v) is 19.3. The van der Waals surface area contributed by atoms with Gasteiger partial charge in [0.1, 0.15) is 29.2 Å². The molecule has 1 amide bonds.